The van der Waals surface area contributed by atoms with Gasteiger partial charge >= 0.3 is 0 Å². The van der Waals surface area contributed by atoms with Crippen LogP contribution in [0.15, 0.2) is 52.4 Å². The maximum atomic E-state index is 12.4. The molecule has 0 spiro atoms. The van der Waals surface area contributed by atoms with Gasteiger partial charge in [0.05, 0.1) is 10.9 Å². The van der Waals surface area contributed by atoms with Gasteiger partial charge < -0.3 is 9.84 Å². The number of hydrogen-bond donors (Lipinski definition) is 1. The third-order valence-electron chi connectivity index (χ3n) is 4.34. The van der Waals surface area contributed by atoms with Crippen LogP contribution >= 0.6 is 11.3 Å². The van der Waals surface area contributed by atoms with Crippen molar-refractivity contribution in [3.63, 3.8) is 0 Å². The maximum absolute atomic E-state index is 12.4. The van der Waals surface area contributed by atoms with E-state index in [2.05, 4.69) is 27.6 Å². The van der Waals surface area contributed by atoms with Crippen LogP contribution in [0.3, 0.4) is 0 Å². The molecule has 1 fully saturated rings. The van der Waals surface area contributed by atoms with E-state index in [4.69, 9.17) is 4.52 Å². The number of benzene rings is 1. The fourth-order valence-corrected chi connectivity index (χ4v) is 3.54. The van der Waals surface area contributed by atoms with Crippen molar-refractivity contribution < 1.29 is 9.32 Å². The van der Waals surface area contributed by atoms with Crippen molar-refractivity contribution >= 4 is 17.2 Å². The highest BCUT2D eigenvalue weighted by Gasteiger charge is 2.33. The second-order valence-electron chi connectivity index (χ2n) is 6.28. The molecule has 1 saturated carbocycles. The van der Waals surface area contributed by atoms with Crippen LogP contribution < -0.4 is 5.32 Å². The van der Waals surface area contributed by atoms with Crippen molar-refractivity contribution in [3.8, 4) is 10.7 Å². The van der Waals surface area contributed by atoms with Crippen LogP contribution in [0.5, 0.6) is 0 Å². The number of thiophene rings is 1. The number of rotatable bonds is 7. The van der Waals surface area contributed by atoms with Gasteiger partial charge in [0.2, 0.25) is 17.6 Å². The number of carbonyl (C=O) groups is 1. The minimum Gasteiger partial charge on any atom is -0.349 e. The fraction of sp³-hybridized carbons (Fsp3) is 0.316. The molecule has 1 N–H and O–H groups in total. The summed E-state index contributed by atoms with van der Waals surface area (Å²) < 4.78 is 5.25. The summed E-state index contributed by atoms with van der Waals surface area (Å²) in [6, 6.07) is 14.2. The van der Waals surface area contributed by atoms with E-state index in [1.165, 1.54) is 18.4 Å². The average molecular weight is 353 g/mol. The molecule has 0 aliphatic heterocycles. The highest BCUT2D eigenvalue weighted by Crippen LogP contribution is 2.40. The van der Waals surface area contributed by atoms with Crippen LogP contribution in [0.25, 0.3) is 10.7 Å². The summed E-state index contributed by atoms with van der Waals surface area (Å²) in [6.45, 7) is 0. The second-order valence-corrected chi connectivity index (χ2v) is 7.23. The maximum Gasteiger partial charge on any atom is 0.227 e. The smallest absolute Gasteiger partial charge is 0.227 e. The van der Waals surface area contributed by atoms with Gasteiger partial charge in [-0.1, -0.05) is 41.6 Å². The number of aromatic nitrogens is 2. The van der Waals surface area contributed by atoms with E-state index < -0.39 is 0 Å². The normalized spacial score (nSPS) is 15.0. The van der Waals surface area contributed by atoms with E-state index in [1.54, 1.807) is 11.3 Å². The molecule has 2 heterocycles. The quantitative estimate of drug-likeness (QED) is 0.697. The van der Waals surface area contributed by atoms with Gasteiger partial charge in [-0.3, -0.25) is 4.79 Å². The van der Waals surface area contributed by atoms with Gasteiger partial charge in [0, 0.05) is 12.8 Å². The lowest BCUT2D eigenvalue weighted by Crippen LogP contribution is -2.30. The first-order valence-corrected chi connectivity index (χ1v) is 9.38. The van der Waals surface area contributed by atoms with E-state index in [0.717, 1.165) is 4.88 Å². The molecule has 1 aliphatic carbocycles. The number of amides is 1. The molecule has 4 rings (SSSR count). The predicted octanol–water partition coefficient (Wildman–Crippen LogP) is 4.00. The largest absolute Gasteiger partial charge is 0.349 e. The van der Waals surface area contributed by atoms with Crippen molar-refractivity contribution in [2.24, 2.45) is 5.92 Å². The van der Waals surface area contributed by atoms with Crippen molar-refractivity contribution in [2.45, 2.75) is 31.7 Å². The molecule has 0 bridgehead atoms. The van der Waals surface area contributed by atoms with E-state index in [-0.39, 0.29) is 11.9 Å². The molecule has 0 radical (unpaired) electrons. The number of nitrogens with zero attached hydrogens (tertiary/aromatic N) is 2. The Hall–Kier alpha value is -2.47. The summed E-state index contributed by atoms with van der Waals surface area (Å²) in [4.78, 5) is 17.7. The molecule has 0 saturated heterocycles. The van der Waals surface area contributed by atoms with E-state index in [9.17, 15) is 4.79 Å². The minimum absolute atomic E-state index is 0.0247. The number of hydrogen-bond acceptors (Lipinski definition) is 5. The number of nitrogens with one attached hydrogen (secondary N) is 1. The monoisotopic (exact) mass is 353 g/mol. The number of aryl methyl sites for hydroxylation is 1. The Morgan fingerprint density at radius 1 is 1.24 bits per heavy atom. The molecule has 6 heteroatoms. The molecule has 2 aromatic heterocycles. The van der Waals surface area contributed by atoms with Crippen LogP contribution in [0.2, 0.25) is 0 Å². The molecule has 128 valence electrons. The summed E-state index contributed by atoms with van der Waals surface area (Å²) in [5.41, 5.74) is 1.18. The first-order chi connectivity index (χ1) is 12.3. The first kappa shape index (κ1) is 16.0. The van der Waals surface area contributed by atoms with Gasteiger partial charge in [0.15, 0.2) is 0 Å². The molecule has 5 nitrogen and oxygen atoms in total. The zero-order valence-corrected chi connectivity index (χ0v) is 14.5. The zero-order chi connectivity index (χ0) is 17.1. The molecule has 3 aromatic rings. The molecule has 25 heavy (non-hydrogen) atoms. The Morgan fingerprint density at radius 3 is 2.80 bits per heavy atom. The second kappa shape index (κ2) is 7.19. The predicted molar refractivity (Wildman–Crippen MR) is 96.0 cm³/mol. The molecule has 1 aromatic carbocycles. The van der Waals surface area contributed by atoms with Gasteiger partial charge in [-0.25, -0.2) is 0 Å². The highest BCUT2D eigenvalue weighted by atomic mass is 32.1. The number of carbonyl (C=O) groups excluding carboxylic acids is 1. The fourth-order valence-electron chi connectivity index (χ4n) is 2.89. The van der Waals surface area contributed by atoms with Crippen LogP contribution in [0, 0.1) is 5.92 Å². The first-order valence-electron chi connectivity index (χ1n) is 8.50. The van der Waals surface area contributed by atoms with Crippen molar-refractivity contribution in [1.82, 2.24) is 15.5 Å². The van der Waals surface area contributed by atoms with Crippen LogP contribution in [0.4, 0.5) is 0 Å². The van der Waals surface area contributed by atoms with Crippen LogP contribution in [-0.2, 0) is 11.2 Å². The van der Waals surface area contributed by atoms with E-state index >= 15 is 0 Å². The lowest BCUT2D eigenvalue weighted by atomic mass is 10.0. The summed E-state index contributed by atoms with van der Waals surface area (Å²) in [6.07, 6.45) is 3.15. The molecule has 1 unspecified atom stereocenters. The van der Waals surface area contributed by atoms with Gasteiger partial charge in [-0.2, -0.15) is 4.98 Å². The molecular formula is C19H19N3O2S. The average Bonchev–Trinajstić information content (AvgIpc) is 3.13. The topological polar surface area (TPSA) is 68.0 Å². The summed E-state index contributed by atoms with van der Waals surface area (Å²) in [5, 5.41) is 9.12. The van der Waals surface area contributed by atoms with Crippen LogP contribution in [0.1, 0.15) is 36.8 Å². The highest BCUT2D eigenvalue weighted by molar-refractivity contribution is 7.13. The van der Waals surface area contributed by atoms with Gasteiger partial charge in [-0.15, -0.1) is 11.3 Å². The van der Waals surface area contributed by atoms with Gasteiger partial charge in [-0.05, 0) is 35.8 Å². The molecule has 1 amide bonds. The van der Waals surface area contributed by atoms with E-state index in [0.29, 0.717) is 30.5 Å². The third-order valence-corrected chi connectivity index (χ3v) is 5.21. The Bertz CT molecular complexity index is 825. The molecule has 1 aliphatic rings. The summed E-state index contributed by atoms with van der Waals surface area (Å²) in [7, 11) is 0. The SMILES string of the molecule is O=C(CCc1nc(-c2cccs2)no1)NC(c1ccccc1)C1CC1. The third kappa shape index (κ3) is 3.96. The Labute approximate surface area is 150 Å². The van der Waals surface area contributed by atoms with Crippen LogP contribution in [-0.4, -0.2) is 16.0 Å². The lowest BCUT2D eigenvalue weighted by Gasteiger charge is -2.18. The van der Waals surface area contributed by atoms with Gasteiger partial charge in [0.25, 0.3) is 0 Å². The Balaban J connectivity index is 1.34. The Kier molecular flexibility index (Phi) is 4.61. The van der Waals surface area contributed by atoms with Crippen molar-refractivity contribution in [2.75, 3.05) is 0 Å². The molecule has 1 atom stereocenters. The van der Waals surface area contributed by atoms with Crippen molar-refractivity contribution in [3.05, 3.63) is 59.3 Å². The standard InChI is InChI=1S/C19H19N3O2S/c23-16(20-18(14-8-9-14)13-5-2-1-3-6-13)10-11-17-21-19(22-24-17)15-7-4-12-25-15/h1-7,12,14,18H,8-11H2,(H,20,23). The van der Waals surface area contributed by atoms with Gasteiger partial charge in [0.1, 0.15) is 0 Å². The summed E-state index contributed by atoms with van der Waals surface area (Å²) >= 11 is 1.57. The summed E-state index contributed by atoms with van der Waals surface area (Å²) in [5.74, 6) is 1.67. The molecular weight excluding hydrogens is 334 g/mol. The minimum atomic E-state index is 0.0247. The van der Waals surface area contributed by atoms with Crippen molar-refractivity contribution in [1.29, 1.82) is 0 Å². The zero-order valence-electron chi connectivity index (χ0n) is 13.7. The lowest BCUT2D eigenvalue weighted by molar-refractivity contribution is -0.122. The Morgan fingerprint density at radius 2 is 2.08 bits per heavy atom. The van der Waals surface area contributed by atoms with E-state index in [1.807, 2.05) is 35.7 Å².